The standard InChI is InChI=1S/C83H158NO8P/c1-6-8-10-12-14-16-18-20-22-24-26-28-30-32-34-36-38-39-40-41-42-43-44-46-47-49-51-53-55-57-59-61-63-65-67-69-71-73-75-82(85)89-79-81(80-91-93(87,88)90-78-77-84(3,4)5)92-83(86)76-74-72-70-68-66-64-62-60-58-56-54-52-50-48-45-37-35-33-31-29-27-25-23-21-19-17-15-13-11-9-7-2/h9,11,15,17,21,23,27,29,81H,6-8,10,12-14,16,18-20,22,24-26,28,30-80H2,1-5H3/p+1/b11-9-,17-15-,23-21-,29-27-. The summed E-state index contributed by atoms with van der Waals surface area (Å²) in [7, 11) is 1.50. The van der Waals surface area contributed by atoms with Crippen molar-refractivity contribution in [2.75, 3.05) is 47.5 Å². The predicted molar refractivity (Wildman–Crippen MR) is 404 cm³/mol. The minimum Gasteiger partial charge on any atom is -0.462 e. The smallest absolute Gasteiger partial charge is 0.462 e. The van der Waals surface area contributed by atoms with Crippen molar-refractivity contribution in [3.8, 4) is 0 Å². The summed E-state index contributed by atoms with van der Waals surface area (Å²) in [6, 6.07) is 0. The van der Waals surface area contributed by atoms with Crippen LogP contribution in [0.15, 0.2) is 48.6 Å². The molecule has 548 valence electrons. The van der Waals surface area contributed by atoms with Crippen molar-refractivity contribution in [2.45, 2.75) is 424 Å². The second-order valence-electron chi connectivity index (χ2n) is 29.1. The van der Waals surface area contributed by atoms with E-state index in [1.54, 1.807) is 0 Å². The van der Waals surface area contributed by atoms with Crippen LogP contribution in [0, 0.1) is 0 Å². The van der Waals surface area contributed by atoms with E-state index in [0.29, 0.717) is 23.9 Å². The van der Waals surface area contributed by atoms with Gasteiger partial charge in [-0.3, -0.25) is 18.6 Å². The Bertz CT molecular complexity index is 1710. The molecule has 0 fully saturated rings. The highest BCUT2D eigenvalue weighted by Crippen LogP contribution is 2.43. The van der Waals surface area contributed by atoms with E-state index in [1.165, 1.54) is 327 Å². The van der Waals surface area contributed by atoms with Gasteiger partial charge in [-0.15, -0.1) is 0 Å². The number of carbonyl (C=O) groups excluding carboxylic acids is 2. The van der Waals surface area contributed by atoms with E-state index >= 15 is 0 Å². The van der Waals surface area contributed by atoms with E-state index in [1.807, 2.05) is 21.1 Å². The van der Waals surface area contributed by atoms with Gasteiger partial charge in [-0.2, -0.15) is 0 Å². The number of phosphoric ester groups is 1. The summed E-state index contributed by atoms with van der Waals surface area (Å²) in [5.41, 5.74) is 0. The maximum atomic E-state index is 12.9. The molecule has 2 unspecified atom stereocenters. The van der Waals surface area contributed by atoms with Gasteiger partial charge < -0.3 is 18.9 Å². The van der Waals surface area contributed by atoms with Gasteiger partial charge in [-0.1, -0.05) is 403 Å². The Balaban J connectivity index is 3.88. The van der Waals surface area contributed by atoms with Crippen LogP contribution in [-0.4, -0.2) is 74.9 Å². The van der Waals surface area contributed by atoms with Crippen LogP contribution in [0.2, 0.25) is 0 Å². The Morgan fingerprint density at radius 1 is 0.344 bits per heavy atom. The van der Waals surface area contributed by atoms with Gasteiger partial charge in [0.05, 0.1) is 27.7 Å². The number of unbranched alkanes of at least 4 members (excludes halogenated alkanes) is 55. The maximum Gasteiger partial charge on any atom is 0.472 e. The van der Waals surface area contributed by atoms with Crippen molar-refractivity contribution in [3.05, 3.63) is 48.6 Å². The first kappa shape index (κ1) is 91.0. The summed E-state index contributed by atoms with van der Waals surface area (Å²) in [5.74, 6) is -0.773. The number of allylic oxidation sites excluding steroid dienone is 8. The van der Waals surface area contributed by atoms with E-state index in [4.69, 9.17) is 18.5 Å². The zero-order valence-corrected chi connectivity index (χ0v) is 63.7. The molecule has 0 saturated carbocycles. The zero-order chi connectivity index (χ0) is 67.6. The quantitative estimate of drug-likeness (QED) is 0.0211. The van der Waals surface area contributed by atoms with E-state index in [-0.39, 0.29) is 25.6 Å². The number of phosphoric acid groups is 1. The van der Waals surface area contributed by atoms with E-state index in [2.05, 4.69) is 62.5 Å². The topological polar surface area (TPSA) is 108 Å². The Hall–Kier alpha value is -2.03. The van der Waals surface area contributed by atoms with Gasteiger partial charge in [0.1, 0.15) is 19.8 Å². The van der Waals surface area contributed by atoms with Crippen molar-refractivity contribution in [3.63, 3.8) is 0 Å². The molecular formula is C83H159NO8P+. The third-order valence-corrected chi connectivity index (χ3v) is 19.6. The first-order chi connectivity index (χ1) is 45.5. The molecule has 0 aromatic carbocycles. The molecule has 0 aliphatic carbocycles. The molecule has 0 saturated heterocycles. The molecule has 0 aliphatic rings. The van der Waals surface area contributed by atoms with Gasteiger partial charge in [0, 0.05) is 12.8 Å². The average Bonchev–Trinajstić information content (AvgIpc) is 2.02. The number of hydrogen-bond donors (Lipinski definition) is 1. The highest BCUT2D eigenvalue weighted by Gasteiger charge is 2.27. The molecule has 0 aromatic heterocycles. The fourth-order valence-corrected chi connectivity index (χ4v) is 13.2. The number of esters is 2. The normalized spacial score (nSPS) is 13.2. The van der Waals surface area contributed by atoms with Gasteiger partial charge in [0.2, 0.25) is 0 Å². The van der Waals surface area contributed by atoms with Gasteiger partial charge >= 0.3 is 19.8 Å². The van der Waals surface area contributed by atoms with Crippen molar-refractivity contribution in [1.82, 2.24) is 0 Å². The monoisotopic (exact) mass is 1330 g/mol. The van der Waals surface area contributed by atoms with Crippen LogP contribution in [0.3, 0.4) is 0 Å². The van der Waals surface area contributed by atoms with Crippen molar-refractivity contribution in [2.24, 2.45) is 0 Å². The number of carbonyl (C=O) groups is 2. The van der Waals surface area contributed by atoms with Crippen LogP contribution in [0.5, 0.6) is 0 Å². The molecule has 0 aromatic rings. The Morgan fingerprint density at radius 2 is 0.613 bits per heavy atom. The van der Waals surface area contributed by atoms with Crippen LogP contribution in [0.25, 0.3) is 0 Å². The summed E-state index contributed by atoms with van der Waals surface area (Å²) in [5, 5.41) is 0. The number of ether oxygens (including phenoxy) is 2. The van der Waals surface area contributed by atoms with Crippen molar-refractivity contribution < 1.29 is 42.1 Å². The number of hydrogen-bond acceptors (Lipinski definition) is 7. The lowest BCUT2D eigenvalue weighted by atomic mass is 10.0. The highest BCUT2D eigenvalue weighted by molar-refractivity contribution is 7.47. The Kier molecular flexibility index (Phi) is 72.6. The van der Waals surface area contributed by atoms with E-state index in [0.717, 1.165) is 57.8 Å². The number of quaternary nitrogens is 1. The molecule has 0 aliphatic heterocycles. The molecule has 10 heteroatoms. The first-order valence-electron chi connectivity index (χ1n) is 40.9. The Labute approximate surface area is 579 Å². The minimum absolute atomic E-state index is 0.0343. The second-order valence-corrected chi connectivity index (χ2v) is 30.6. The third-order valence-electron chi connectivity index (χ3n) is 18.6. The highest BCUT2D eigenvalue weighted by atomic mass is 31.2. The lowest BCUT2D eigenvalue weighted by molar-refractivity contribution is -0.870. The minimum atomic E-state index is -4.39. The van der Waals surface area contributed by atoms with Crippen LogP contribution in [-0.2, 0) is 32.7 Å². The average molecular weight is 1330 g/mol. The molecule has 0 bridgehead atoms. The molecular weight excluding hydrogens is 1170 g/mol. The number of nitrogens with zero attached hydrogens (tertiary/aromatic N) is 1. The SMILES string of the molecule is CC/C=C\C/C=C\C/C=C\C/C=C\CCCCCCCCCCCCCCCCCCCCC(=O)OC(COC(=O)CCCCCCCCCCCCCCCCCCCCCCCCCCCCCCCCCCCCCCCC)COP(=O)(O)OCC[N+](C)(C)C. The lowest BCUT2D eigenvalue weighted by Gasteiger charge is -2.24. The predicted octanol–water partition coefficient (Wildman–Crippen LogP) is 27.1. The van der Waals surface area contributed by atoms with Gasteiger partial charge in [0.25, 0.3) is 0 Å². The van der Waals surface area contributed by atoms with Crippen LogP contribution in [0.1, 0.15) is 418 Å². The maximum absolute atomic E-state index is 12.9. The third kappa shape index (κ3) is 78.8. The fraction of sp³-hybridized carbons (Fsp3) is 0.880. The molecule has 0 spiro atoms. The molecule has 0 radical (unpaired) electrons. The largest absolute Gasteiger partial charge is 0.472 e. The van der Waals surface area contributed by atoms with Crippen LogP contribution >= 0.6 is 7.82 Å². The first-order valence-corrected chi connectivity index (χ1v) is 42.4. The molecule has 0 rings (SSSR count). The fourth-order valence-electron chi connectivity index (χ4n) is 12.4. The van der Waals surface area contributed by atoms with Gasteiger partial charge in [-0.05, 0) is 51.4 Å². The summed E-state index contributed by atoms with van der Waals surface area (Å²) in [4.78, 5) is 36.0. The number of rotatable bonds is 77. The number of likely N-dealkylation sites (N-methyl/N-ethyl adjacent to an activating group) is 1. The molecule has 0 heterocycles. The lowest BCUT2D eigenvalue weighted by Crippen LogP contribution is -2.37. The van der Waals surface area contributed by atoms with Crippen LogP contribution < -0.4 is 0 Å². The Morgan fingerprint density at radius 3 is 0.914 bits per heavy atom. The van der Waals surface area contributed by atoms with Gasteiger partial charge in [0.15, 0.2) is 6.10 Å². The van der Waals surface area contributed by atoms with Crippen LogP contribution in [0.4, 0.5) is 0 Å². The second kappa shape index (κ2) is 74.2. The molecule has 1 N–H and O–H groups in total. The summed E-state index contributed by atoms with van der Waals surface area (Å²) in [6.07, 6.45) is 98.5. The zero-order valence-electron chi connectivity index (χ0n) is 62.8. The van der Waals surface area contributed by atoms with Crippen molar-refractivity contribution >= 4 is 19.8 Å². The van der Waals surface area contributed by atoms with Gasteiger partial charge in [-0.25, -0.2) is 4.57 Å². The molecule has 0 amide bonds. The molecule has 2 atom stereocenters. The summed E-state index contributed by atoms with van der Waals surface area (Å²) >= 11 is 0. The van der Waals surface area contributed by atoms with Crippen molar-refractivity contribution in [1.29, 1.82) is 0 Å². The summed E-state index contributed by atoms with van der Waals surface area (Å²) in [6.45, 7) is 4.40. The van der Waals surface area contributed by atoms with E-state index < -0.39 is 26.5 Å². The van der Waals surface area contributed by atoms with E-state index in [9.17, 15) is 19.0 Å². The molecule has 9 nitrogen and oxygen atoms in total. The summed E-state index contributed by atoms with van der Waals surface area (Å²) < 4.78 is 34.8. The molecule has 93 heavy (non-hydrogen) atoms.